The van der Waals surface area contributed by atoms with E-state index in [1.54, 1.807) is 24.3 Å². The molecule has 0 saturated carbocycles. The zero-order valence-corrected chi connectivity index (χ0v) is 20.9. The molecule has 0 unspecified atom stereocenters. The molecule has 2 N–H and O–H groups in total. The van der Waals surface area contributed by atoms with Crippen molar-refractivity contribution in [2.45, 2.75) is 59.0 Å². The topological polar surface area (TPSA) is 75.6 Å². The van der Waals surface area contributed by atoms with Gasteiger partial charge >= 0.3 is 0 Å². The largest absolute Gasteiger partial charge is 0.493 e. The van der Waals surface area contributed by atoms with E-state index in [9.17, 15) is 14.7 Å². The van der Waals surface area contributed by atoms with E-state index in [1.165, 1.54) is 52.6 Å². The molecule has 1 aliphatic heterocycles. The van der Waals surface area contributed by atoms with Gasteiger partial charge in [-0.15, -0.1) is 0 Å². The van der Waals surface area contributed by atoms with Crippen LogP contribution in [0.1, 0.15) is 69.7 Å². The van der Waals surface area contributed by atoms with Gasteiger partial charge in [0.2, 0.25) is 0 Å². The highest BCUT2D eigenvalue weighted by Gasteiger charge is 2.25. The Morgan fingerprint density at radius 3 is 2.09 bits per heavy atom. The SMILES string of the molecule is Cc1cc(OCCC(C)(C)O)cc(C)c1-c1cccc2c1CCC2.O=C1NC(=O)c2ccccc21. The number of fused-ring (bicyclic) bond motifs is 2. The predicted molar refractivity (Wildman–Crippen MR) is 138 cm³/mol. The van der Waals surface area contributed by atoms with Crippen LogP contribution in [0.2, 0.25) is 0 Å². The van der Waals surface area contributed by atoms with Crippen LogP contribution in [-0.4, -0.2) is 29.1 Å². The van der Waals surface area contributed by atoms with Crippen molar-refractivity contribution in [3.63, 3.8) is 0 Å². The Balaban J connectivity index is 0.000000218. The first-order chi connectivity index (χ1) is 16.6. The van der Waals surface area contributed by atoms with Crippen LogP contribution in [0.25, 0.3) is 11.1 Å². The lowest BCUT2D eigenvalue weighted by molar-refractivity contribution is 0.0553. The summed E-state index contributed by atoms with van der Waals surface area (Å²) in [7, 11) is 0. The zero-order chi connectivity index (χ0) is 25.2. The lowest BCUT2D eigenvalue weighted by atomic mass is 9.90. The summed E-state index contributed by atoms with van der Waals surface area (Å²) in [6.07, 6.45) is 4.29. The molecule has 0 saturated heterocycles. The number of aliphatic hydroxyl groups is 1. The summed E-state index contributed by atoms with van der Waals surface area (Å²) < 4.78 is 5.87. The predicted octanol–water partition coefficient (Wildman–Crippen LogP) is 5.57. The summed E-state index contributed by atoms with van der Waals surface area (Å²) in [5.41, 5.74) is 8.55. The highest BCUT2D eigenvalue weighted by molar-refractivity contribution is 6.21. The van der Waals surface area contributed by atoms with Crippen molar-refractivity contribution in [1.29, 1.82) is 0 Å². The van der Waals surface area contributed by atoms with E-state index in [2.05, 4.69) is 49.5 Å². The molecule has 1 heterocycles. The number of imide groups is 1. The van der Waals surface area contributed by atoms with Crippen LogP contribution in [0.4, 0.5) is 0 Å². The number of rotatable bonds is 5. The Morgan fingerprint density at radius 1 is 0.886 bits per heavy atom. The van der Waals surface area contributed by atoms with Crippen molar-refractivity contribution in [1.82, 2.24) is 5.32 Å². The molecular formula is C30H33NO4. The zero-order valence-electron chi connectivity index (χ0n) is 20.9. The summed E-state index contributed by atoms with van der Waals surface area (Å²) in [4.78, 5) is 21.9. The third kappa shape index (κ3) is 5.63. The Morgan fingerprint density at radius 2 is 1.49 bits per heavy atom. The van der Waals surface area contributed by atoms with Gasteiger partial charge in [0.25, 0.3) is 11.8 Å². The molecule has 0 atom stereocenters. The van der Waals surface area contributed by atoms with Crippen LogP contribution in [0.3, 0.4) is 0 Å². The maximum Gasteiger partial charge on any atom is 0.258 e. The Hall–Kier alpha value is -3.44. The number of aryl methyl sites for hydroxylation is 3. The highest BCUT2D eigenvalue weighted by atomic mass is 16.5. The number of carbonyl (C=O) groups is 2. The lowest BCUT2D eigenvalue weighted by Crippen LogP contribution is -2.21. The van der Waals surface area contributed by atoms with Crippen LogP contribution >= 0.6 is 0 Å². The van der Waals surface area contributed by atoms with Gasteiger partial charge in [0.1, 0.15) is 5.75 Å². The van der Waals surface area contributed by atoms with Gasteiger partial charge in [-0.25, -0.2) is 0 Å². The maximum absolute atomic E-state index is 10.9. The van der Waals surface area contributed by atoms with Gasteiger partial charge in [-0.3, -0.25) is 14.9 Å². The average molecular weight is 472 g/mol. The van der Waals surface area contributed by atoms with Gasteiger partial charge in [0.05, 0.1) is 23.3 Å². The van der Waals surface area contributed by atoms with E-state index in [4.69, 9.17) is 4.74 Å². The number of ether oxygens (including phenoxy) is 1. The molecule has 5 heteroatoms. The minimum Gasteiger partial charge on any atom is -0.493 e. The van der Waals surface area contributed by atoms with Gasteiger partial charge in [-0.1, -0.05) is 30.3 Å². The molecular weight excluding hydrogens is 438 g/mol. The monoisotopic (exact) mass is 471 g/mol. The molecule has 2 amide bonds. The Kier molecular flexibility index (Phi) is 7.08. The summed E-state index contributed by atoms with van der Waals surface area (Å²) in [6, 6.07) is 17.7. The van der Waals surface area contributed by atoms with E-state index in [0.717, 1.165) is 5.75 Å². The minimum absolute atomic E-state index is 0.300. The fourth-order valence-corrected chi connectivity index (χ4v) is 4.82. The molecule has 5 nitrogen and oxygen atoms in total. The molecule has 0 bridgehead atoms. The summed E-state index contributed by atoms with van der Waals surface area (Å²) >= 11 is 0. The number of hydrogen-bond donors (Lipinski definition) is 2. The fourth-order valence-electron chi connectivity index (χ4n) is 4.82. The smallest absolute Gasteiger partial charge is 0.258 e. The minimum atomic E-state index is -0.686. The van der Waals surface area contributed by atoms with Gasteiger partial charge in [0.15, 0.2) is 0 Å². The number of nitrogens with one attached hydrogen (secondary N) is 1. The van der Waals surface area contributed by atoms with Crippen molar-refractivity contribution in [3.05, 3.63) is 88.0 Å². The van der Waals surface area contributed by atoms with Crippen molar-refractivity contribution < 1.29 is 19.4 Å². The van der Waals surface area contributed by atoms with E-state index < -0.39 is 5.60 Å². The van der Waals surface area contributed by atoms with E-state index >= 15 is 0 Å². The summed E-state index contributed by atoms with van der Waals surface area (Å²) in [5, 5.41) is 12.0. The summed E-state index contributed by atoms with van der Waals surface area (Å²) in [5.74, 6) is 0.293. The molecule has 3 aromatic rings. The molecule has 0 radical (unpaired) electrons. The highest BCUT2D eigenvalue weighted by Crippen LogP contribution is 2.37. The first-order valence-corrected chi connectivity index (χ1v) is 12.2. The van der Waals surface area contributed by atoms with E-state index in [1.807, 2.05) is 13.8 Å². The Labute approximate surface area is 207 Å². The summed E-state index contributed by atoms with van der Waals surface area (Å²) in [6.45, 7) is 8.49. The van der Waals surface area contributed by atoms with Crippen LogP contribution in [0.15, 0.2) is 54.6 Å². The third-order valence-electron chi connectivity index (χ3n) is 6.55. The molecule has 0 spiro atoms. The number of hydrogen-bond acceptors (Lipinski definition) is 4. The molecule has 182 valence electrons. The lowest BCUT2D eigenvalue weighted by Gasteiger charge is -2.19. The molecule has 0 aromatic heterocycles. The van der Waals surface area contributed by atoms with E-state index in [0.29, 0.717) is 24.2 Å². The first kappa shape index (κ1) is 24.7. The fraction of sp³-hybridized carbons (Fsp3) is 0.333. The van der Waals surface area contributed by atoms with Crippen molar-refractivity contribution in [3.8, 4) is 16.9 Å². The second-order valence-electron chi connectivity index (χ2n) is 9.97. The van der Waals surface area contributed by atoms with Crippen LogP contribution in [0.5, 0.6) is 5.75 Å². The first-order valence-electron chi connectivity index (χ1n) is 12.2. The number of carbonyl (C=O) groups excluding carboxylic acids is 2. The third-order valence-corrected chi connectivity index (χ3v) is 6.55. The van der Waals surface area contributed by atoms with E-state index in [-0.39, 0.29) is 11.8 Å². The van der Waals surface area contributed by atoms with Crippen LogP contribution < -0.4 is 10.1 Å². The molecule has 1 aliphatic carbocycles. The maximum atomic E-state index is 10.9. The number of amides is 2. The Bertz CT molecular complexity index is 1210. The molecule has 35 heavy (non-hydrogen) atoms. The second-order valence-corrected chi connectivity index (χ2v) is 9.97. The second kappa shape index (κ2) is 10.0. The standard InChI is InChI=1S/C22H28O2.C8H5NO2/c1-15-13-18(24-12-11-22(3,4)23)14-16(2)21(15)20-10-6-8-17-7-5-9-19(17)20;10-7-5-3-1-2-4-6(5)8(11)9-7/h6,8,10,13-14,23H,5,7,9,11-12H2,1-4H3;1-4H,(H,9,10,11). The van der Waals surface area contributed by atoms with Crippen LogP contribution in [0, 0.1) is 13.8 Å². The van der Waals surface area contributed by atoms with Crippen molar-refractivity contribution >= 4 is 11.8 Å². The normalized spacial score (nSPS) is 14.1. The molecule has 2 aliphatic rings. The van der Waals surface area contributed by atoms with Gasteiger partial charge in [-0.05, 0) is 105 Å². The quantitative estimate of drug-likeness (QED) is 0.477. The molecule has 5 rings (SSSR count). The van der Waals surface area contributed by atoms with Gasteiger partial charge < -0.3 is 9.84 Å². The van der Waals surface area contributed by atoms with Gasteiger partial charge in [0, 0.05) is 6.42 Å². The van der Waals surface area contributed by atoms with Crippen molar-refractivity contribution in [2.75, 3.05) is 6.61 Å². The average Bonchev–Trinajstić information content (AvgIpc) is 3.38. The molecule has 0 fully saturated rings. The molecule has 3 aromatic carbocycles. The number of benzene rings is 3. The van der Waals surface area contributed by atoms with Gasteiger partial charge in [-0.2, -0.15) is 0 Å². The van der Waals surface area contributed by atoms with Crippen molar-refractivity contribution in [2.24, 2.45) is 0 Å². The van der Waals surface area contributed by atoms with Crippen LogP contribution in [-0.2, 0) is 12.8 Å².